The van der Waals surface area contributed by atoms with E-state index in [4.69, 9.17) is 29.4 Å². The van der Waals surface area contributed by atoms with Crippen molar-refractivity contribution in [2.75, 3.05) is 5.32 Å². The fourth-order valence-electron chi connectivity index (χ4n) is 7.19. The summed E-state index contributed by atoms with van der Waals surface area (Å²) in [6.07, 6.45) is 3.17. The van der Waals surface area contributed by atoms with E-state index in [-0.39, 0.29) is 47.3 Å². The minimum Gasteiger partial charge on any atom is -0.543 e. The van der Waals surface area contributed by atoms with Crippen molar-refractivity contribution in [2.24, 2.45) is 5.73 Å². The lowest BCUT2D eigenvalue weighted by Gasteiger charge is -2.36. The van der Waals surface area contributed by atoms with Gasteiger partial charge in [0.2, 0.25) is 19.8 Å². The standard InChI is InChI=1S/C43H54N4O8Si/c1-9-12-13-14-34(44)38(48)45-27-17-15-26(16-18-27)24-53-41(51)54-43(11-3)33-22-36-37-31(23-47(36)39(49)32(33)25-52-40(43)50)29(10-2)30-21-28(19-20-35(30)46-37)55-56(7,8)42(4,5)6/h15-22,34H,9-14,23-25,44H2,1-8H3,(H,45,48)/t34-,43-/m0/s1. The summed E-state index contributed by atoms with van der Waals surface area (Å²) >= 11 is 0. The van der Waals surface area contributed by atoms with Crippen LogP contribution in [0.5, 0.6) is 5.75 Å². The van der Waals surface area contributed by atoms with Gasteiger partial charge in [0.25, 0.3) is 5.56 Å². The lowest BCUT2D eigenvalue weighted by molar-refractivity contribution is -0.175. The van der Waals surface area contributed by atoms with Crippen molar-refractivity contribution < 1.29 is 33.0 Å². The second kappa shape index (κ2) is 15.9. The van der Waals surface area contributed by atoms with E-state index in [0.717, 1.165) is 47.0 Å². The van der Waals surface area contributed by atoms with Crippen LogP contribution < -0.4 is 21.0 Å². The van der Waals surface area contributed by atoms with Gasteiger partial charge in [-0.2, -0.15) is 0 Å². The zero-order valence-corrected chi connectivity index (χ0v) is 34.8. The summed E-state index contributed by atoms with van der Waals surface area (Å²) in [5, 5.41) is 3.82. The van der Waals surface area contributed by atoms with Crippen LogP contribution in [0.2, 0.25) is 18.1 Å². The number of cyclic esters (lactones) is 1. The van der Waals surface area contributed by atoms with E-state index in [9.17, 15) is 19.2 Å². The van der Waals surface area contributed by atoms with Crippen molar-refractivity contribution in [3.63, 3.8) is 0 Å². The highest BCUT2D eigenvalue weighted by molar-refractivity contribution is 6.74. The van der Waals surface area contributed by atoms with Crippen molar-refractivity contribution in [1.29, 1.82) is 0 Å². The van der Waals surface area contributed by atoms with Crippen molar-refractivity contribution in [3.8, 4) is 17.1 Å². The summed E-state index contributed by atoms with van der Waals surface area (Å²) in [6.45, 7) is 16.8. The second-order valence-corrected chi connectivity index (χ2v) is 21.0. The molecule has 0 saturated heterocycles. The molecule has 0 fully saturated rings. The van der Waals surface area contributed by atoms with Crippen LogP contribution in [-0.2, 0) is 55.6 Å². The molecule has 0 bridgehead atoms. The van der Waals surface area contributed by atoms with Crippen LogP contribution in [-0.4, -0.2) is 41.9 Å². The number of anilines is 1. The molecule has 0 saturated carbocycles. The number of nitrogens with two attached hydrogens (primary N) is 1. The molecule has 3 N–H and O–H groups in total. The highest BCUT2D eigenvalue weighted by Gasteiger charge is 2.51. The summed E-state index contributed by atoms with van der Waals surface area (Å²) in [5.74, 6) is -0.242. The fourth-order valence-corrected chi connectivity index (χ4v) is 8.21. The number of nitrogens with zero attached hydrogens (tertiary/aromatic N) is 2. The predicted molar refractivity (Wildman–Crippen MR) is 218 cm³/mol. The van der Waals surface area contributed by atoms with Gasteiger partial charge in [0.1, 0.15) is 19.0 Å². The maximum atomic E-state index is 14.2. The number of carbonyl (C=O) groups is 3. The van der Waals surface area contributed by atoms with E-state index in [2.05, 4.69) is 59.1 Å². The van der Waals surface area contributed by atoms with Crippen LogP contribution in [0.25, 0.3) is 22.3 Å². The average Bonchev–Trinajstić information content (AvgIpc) is 3.52. The van der Waals surface area contributed by atoms with Crippen LogP contribution in [0.1, 0.15) is 101 Å². The molecule has 2 aliphatic rings. The van der Waals surface area contributed by atoms with Gasteiger partial charge in [-0.3, -0.25) is 9.59 Å². The predicted octanol–water partition coefficient (Wildman–Crippen LogP) is 8.23. The Morgan fingerprint density at radius 2 is 1.77 bits per heavy atom. The maximum Gasteiger partial charge on any atom is 0.510 e. The number of hydrogen-bond acceptors (Lipinski definition) is 10. The number of unbranched alkanes of at least 4 members (excludes halogenated alkanes) is 2. The van der Waals surface area contributed by atoms with Gasteiger partial charge in [0, 0.05) is 22.2 Å². The molecule has 2 aliphatic heterocycles. The monoisotopic (exact) mass is 782 g/mol. The second-order valence-electron chi connectivity index (χ2n) is 16.3. The van der Waals surface area contributed by atoms with Gasteiger partial charge in [0.15, 0.2) is 0 Å². The van der Waals surface area contributed by atoms with E-state index >= 15 is 0 Å². The molecule has 0 aliphatic carbocycles. The largest absolute Gasteiger partial charge is 0.543 e. The van der Waals surface area contributed by atoms with Gasteiger partial charge in [-0.05, 0) is 84.9 Å². The van der Waals surface area contributed by atoms with Crippen LogP contribution >= 0.6 is 0 Å². The Labute approximate surface area is 329 Å². The first kappa shape index (κ1) is 40.6. The third-order valence-corrected chi connectivity index (χ3v) is 15.9. The molecule has 2 aromatic heterocycles. The number of pyridine rings is 2. The van der Waals surface area contributed by atoms with Crippen LogP contribution in [0.15, 0.2) is 53.3 Å². The van der Waals surface area contributed by atoms with E-state index < -0.39 is 32.1 Å². The summed E-state index contributed by atoms with van der Waals surface area (Å²) in [4.78, 5) is 58.6. The normalized spacial score (nSPS) is 16.7. The third kappa shape index (κ3) is 7.71. The quantitative estimate of drug-likeness (QED) is 0.0676. The topological polar surface area (TPSA) is 161 Å². The zero-order valence-electron chi connectivity index (χ0n) is 33.8. The molecule has 1 amide bonds. The fraction of sp³-hybridized carbons (Fsp3) is 0.465. The summed E-state index contributed by atoms with van der Waals surface area (Å²) < 4.78 is 25.1. The van der Waals surface area contributed by atoms with Crippen molar-refractivity contribution in [1.82, 2.24) is 9.55 Å². The molecular formula is C43H54N4O8Si. The molecule has 6 rings (SSSR count). The number of ether oxygens (including phenoxy) is 3. The lowest BCUT2D eigenvalue weighted by atomic mass is 9.85. The van der Waals surface area contributed by atoms with E-state index in [0.29, 0.717) is 42.0 Å². The first-order valence-electron chi connectivity index (χ1n) is 19.6. The first-order valence-corrected chi connectivity index (χ1v) is 22.5. The lowest BCUT2D eigenvalue weighted by Crippen LogP contribution is -2.47. The van der Waals surface area contributed by atoms with Crippen molar-refractivity contribution in [3.05, 3.63) is 86.7 Å². The molecule has 4 heterocycles. The number of aromatic nitrogens is 2. The van der Waals surface area contributed by atoms with E-state index in [1.807, 2.05) is 12.1 Å². The summed E-state index contributed by atoms with van der Waals surface area (Å²) in [6, 6.07) is 13.9. The average molecular weight is 783 g/mol. The molecule has 2 aromatic carbocycles. The number of esters is 1. The molecule has 4 aromatic rings. The number of rotatable bonds is 13. The minimum absolute atomic E-state index is 0.00102. The van der Waals surface area contributed by atoms with Crippen LogP contribution in [0.3, 0.4) is 0 Å². The Hall–Kier alpha value is -5.01. The number of benzene rings is 2. The number of fused-ring (bicyclic) bond motifs is 5. The first-order chi connectivity index (χ1) is 26.5. The Kier molecular flexibility index (Phi) is 11.5. The van der Waals surface area contributed by atoms with Gasteiger partial charge < -0.3 is 34.3 Å². The van der Waals surface area contributed by atoms with Gasteiger partial charge in [-0.25, -0.2) is 14.6 Å². The van der Waals surface area contributed by atoms with Gasteiger partial charge in [-0.1, -0.05) is 72.9 Å². The summed E-state index contributed by atoms with van der Waals surface area (Å²) in [5.41, 5.74) is 9.45. The Bertz CT molecular complexity index is 2230. The van der Waals surface area contributed by atoms with Crippen molar-refractivity contribution >= 4 is 42.9 Å². The molecular weight excluding hydrogens is 729 g/mol. The molecule has 0 radical (unpaired) electrons. The highest BCUT2D eigenvalue weighted by atomic mass is 28.4. The number of carbonyl (C=O) groups excluding carboxylic acids is 3. The number of amides is 1. The van der Waals surface area contributed by atoms with Gasteiger partial charge in [0.05, 0.1) is 35.1 Å². The molecule has 0 spiro atoms. The Morgan fingerprint density at radius 1 is 1.04 bits per heavy atom. The summed E-state index contributed by atoms with van der Waals surface area (Å²) in [7, 11) is -2.09. The molecule has 13 heteroatoms. The number of aryl methyl sites for hydroxylation is 1. The Balaban J connectivity index is 1.24. The molecule has 0 unspecified atom stereocenters. The Morgan fingerprint density at radius 3 is 2.43 bits per heavy atom. The minimum atomic E-state index is -2.09. The molecule has 12 nitrogen and oxygen atoms in total. The van der Waals surface area contributed by atoms with Gasteiger partial charge in [-0.15, -0.1) is 0 Å². The molecule has 2 atom stereocenters. The molecule has 56 heavy (non-hydrogen) atoms. The third-order valence-electron chi connectivity index (χ3n) is 11.6. The number of hydrogen-bond donors (Lipinski definition) is 2. The SMILES string of the molecule is CCCCC[C@H](N)C(=O)Nc1ccc(COC(=O)O[C@]2(CC)C(=O)OCc3c2cc2n(c3=O)Cc3c-2nc2ccc(O[Si](C)(C)C(C)(C)C)cc2c3CC)cc1. The maximum absolute atomic E-state index is 14.2. The van der Waals surface area contributed by atoms with Gasteiger partial charge >= 0.3 is 12.1 Å². The van der Waals surface area contributed by atoms with E-state index in [1.54, 1.807) is 41.8 Å². The van der Waals surface area contributed by atoms with Crippen LogP contribution in [0, 0.1) is 0 Å². The highest BCUT2D eigenvalue weighted by Crippen LogP contribution is 2.43. The van der Waals surface area contributed by atoms with Crippen LogP contribution in [0.4, 0.5) is 10.5 Å². The molecule has 298 valence electrons. The van der Waals surface area contributed by atoms with Crippen molar-refractivity contribution in [2.45, 2.75) is 130 Å². The zero-order chi connectivity index (χ0) is 40.6. The smallest absolute Gasteiger partial charge is 0.510 e. The van der Waals surface area contributed by atoms with E-state index in [1.165, 1.54) is 0 Å². The number of nitrogens with one attached hydrogen (secondary N) is 1.